The molecule has 0 bridgehead atoms. The highest BCUT2D eigenvalue weighted by molar-refractivity contribution is 5.86. The summed E-state index contributed by atoms with van der Waals surface area (Å²) in [5.41, 5.74) is 1.73. The highest BCUT2D eigenvalue weighted by Crippen LogP contribution is 2.27. The van der Waals surface area contributed by atoms with Gasteiger partial charge >= 0.3 is 5.97 Å². The van der Waals surface area contributed by atoms with Gasteiger partial charge in [-0.25, -0.2) is 4.79 Å². The van der Waals surface area contributed by atoms with Gasteiger partial charge in [0.05, 0.1) is 0 Å². The number of carboxylic acids is 1. The van der Waals surface area contributed by atoms with Crippen LogP contribution < -0.4 is 0 Å². The van der Waals surface area contributed by atoms with Gasteiger partial charge in [0.25, 0.3) is 0 Å². The zero-order valence-corrected chi connectivity index (χ0v) is 7.34. The summed E-state index contributed by atoms with van der Waals surface area (Å²) in [5, 5.41) is 8.67. The van der Waals surface area contributed by atoms with E-state index in [9.17, 15) is 4.79 Å². The molecule has 1 aliphatic carbocycles. The monoisotopic (exact) mass is 166 g/mol. The third-order valence-corrected chi connectivity index (χ3v) is 2.38. The number of carboxylic acid groups (broad SMARTS) is 1. The molecule has 0 spiro atoms. The van der Waals surface area contributed by atoms with E-state index in [0.29, 0.717) is 17.9 Å². The number of carbonyl (C=O) groups is 1. The molecule has 0 saturated carbocycles. The molecule has 0 heterocycles. The highest BCUT2D eigenvalue weighted by atomic mass is 16.4. The van der Waals surface area contributed by atoms with Gasteiger partial charge in [0, 0.05) is 5.57 Å². The largest absolute Gasteiger partial charge is 0.478 e. The molecule has 1 atom stereocenters. The molecule has 2 heteroatoms. The zero-order chi connectivity index (χ0) is 9.14. The van der Waals surface area contributed by atoms with Crippen LogP contribution >= 0.6 is 0 Å². The van der Waals surface area contributed by atoms with Crippen LogP contribution in [0.25, 0.3) is 0 Å². The quantitative estimate of drug-likeness (QED) is 0.639. The lowest BCUT2D eigenvalue weighted by molar-refractivity contribution is -0.132. The molecule has 0 saturated heterocycles. The van der Waals surface area contributed by atoms with Gasteiger partial charge in [0.1, 0.15) is 0 Å². The van der Waals surface area contributed by atoms with E-state index in [-0.39, 0.29) is 0 Å². The summed E-state index contributed by atoms with van der Waals surface area (Å²) in [6.45, 7) is 5.88. The Kier molecular flexibility index (Phi) is 2.69. The average molecular weight is 166 g/mol. The van der Waals surface area contributed by atoms with Crippen LogP contribution in [0.2, 0.25) is 0 Å². The summed E-state index contributed by atoms with van der Waals surface area (Å²) in [7, 11) is 0. The van der Waals surface area contributed by atoms with E-state index in [2.05, 4.69) is 6.58 Å². The SMILES string of the molecule is C=C(C)[C@H]1CC=C(C(=O)O)CC1. The van der Waals surface area contributed by atoms with Gasteiger partial charge in [-0.1, -0.05) is 18.2 Å². The summed E-state index contributed by atoms with van der Waals surface area (Å²) in [5.74, 6) is -0.275. The van der Waals surface area contributed by atoms with Gasteiger partial charge in [-0.05, 0) is 32.1 Å². The van der Waals surface area contributed by atoms with Crippen molar-refractivity contribution in [2.45, 2.75) is 26.2 Å². The van der Waals surface area contributed by atoms with Gasteiger partial charge < -0.3 is 5.11 Å². The van der Waals surface area contributed by atoms with Crippen molar-refractivity contribution in [3.05, 3.63) is 23.8 Å². The minimum atomic E-state index is -0.768. The fourth-order valence-electron chi connectivity index (χ4n) is 1.48. The lowest BCUT2D eigenvalue weighted by Gasteiger charge is -2.19. The second-order valence-electron chi connectivity index (χ2n) is 3.35. The van der Waals surface area contributed by atoms with Crippen molar-refractivity contribution in [3.8, 4) is 0 Å². The summed E-state index contributed by atoms with van der Waals surface area (Å²) in [6.07, 6.45) is 4.29. The van der Waals surface area contributed by atoms with Gasteiger partial charge in [-0.15, -0.1) is 0 Å². The Morgan fingerprint density at radius 1 is 1.75 bits per heavy atom. The number of hydrogen-bond donors (Lipinski definition) is 1. The molecule has 12 heavy (non-hydrogen) atoms. The molecule has 2 nitrogen and oxygen atoms in total. The average Bonchev–Trinajstić information content (AvgIpc) is 2.04. The Bertz CT molecular complexity index is 238. The molecule has 0 aromatic carbocycles. The minimum absolute atomic E-state index is 0.494. The first-order chi connectivity index (χ1) is 5.61. The summed E-state index contributed by atoms with van der Waals surface area (Å²) >= 11 is 0. The lowest BCUT2D eigenvalue weighted by atomic mass is 9.86. The van der Waals surface area contributed by atoms with Gasteiger partial charge in [0.2, 0.25) is 0 Å². The molecule has 1 aliphatic rings. The molecule has 0 fully saturated rings. The van der Waals surface area contributed by atoms with Crippen LogP contribution in [0.1, 0.15) is 26.2 Å². The lowest BCUT2D eigenvalue weighted by Crippen LogP contribution is -2.11. The second-order valence-corrected chi connectivity index (χ2v) is 3.35. The maximum Gasteiger partial charge on any atom is 0.331 e. The Labute approximate surface area is 72.6 Å². The Hall–Kier alpha value is -1.05. The predicted octanol–water partition coefficient (Wildman–Crippen LogP) is 2.37. The van der Waals surface area contributed by atoms with Crippen molar-refractivity contribution in [1.82, 2.24) is 0 Å². The molecule has 1 rings (SSSR count). The molecule has 66 valence electrons. The molecular formula is C10H14O2. The van der Waals surface area contributed by atoms with Gasteiger partial charge in [-0.3, -0.25) is 0 Å². The minimum Gasteiger partial charge on any atom is -0.478 e. The smallest absolute Gasteiger partial charge is 0.331 e. The fraction of sp³-hybridized carbons (Fsp3) is 0.500. The van der Waals surface area contributed by atoms with Gasteiger partial charge in [0.15, 0.2) is 0 Å². The van der Waals surface area contributed by atoms with Crippen LogP contribution in [0.15, 0.2) is 23.8 Å². The molecule has 0 aromatic rings. The Morgan fingerprint density at radius 2 is 2.42 bits per heavy atom. The van der Waals surface area contributed by atoms with Crippen molar-refractivity contribution >= 4 is 5.97 Å². The van der Waals surface area contributed by atoms with Crippen LogP contribution in [0.5, 0.6) is 0 Å². The molecular weight excluding hydrogens is 152 g/mol. The second kappa shape index (κ2) is 3.57. The van der Waals surface area contributed by atoms with Crippen LogP contribution in [0.3, 0.4) is 0 Å². The van der Waals surface area contributed by atoms with E-state index in [1.54, 1.807) is 0 Å². The van der Waals surface area contributed by atoms with E-state index < -0.39 is 5.97 Å². The first kappa shape index (κ1) is 9.04. The van der Waals surface area contributed by atoms with Crippen LogP contribution in [0.4, 0.5) is 0 Å². The van der Waals surface area contributed by atoms with Crippen molar-refractivity contribution < 1.29 is 9.90 Å². The van der Waals surface area contributed by atoms with Crippen molar-refractivity contribution in [3.63, 3.8) is 0 Å². The molecule has 1 N–H and O–H groups in total. The maximum absolute atomic E-state index is 10.5. The number of aliphatic carboxylic acids is 1. The van der Waals surface area contributed by atoms with Crippen LogP contribution in [-0.2, 0) is 4.79 Å². The predicted molar refractivity (Wildman–Crippen MR) is 47.9 cm³/mol. The molecule has 0 aliphatic heterocycles. The number of allylic oxidation sites excluding steroid dienone is 2. The van der Waals surface area contributed by atoms with Crippen molar-refractivity contribution in [1.29, 1.82) is 0 Å². The fourth-order valence-corrected chi connectivity index (χ4v) is 1.48. The molecule has 0 aromatic heterocycles. The summed E-state index contributed by atoms with van der Waals surface area (Å²) in [4.78, 5) is 10.5. The molecule has 0 amide bonds. The topological polar surface area (TPSA) is 37.3 Å². The first-order valence-corrected chi connectivity index (χ1v) is 4.19. The molecule has 0 radical (unpaired) electrons. The van der Waals surface area contributed by atoms with E-state index >= 15 is 0 Å². The Morgan fingerprint density at radius 3 is 2.75 bits per heavy atom. The standard InChI is InChI=1S/C10H14O2/c1-7(2)8-3-5-9(6-4-8)10(11)12/h5,8H,1,3-4,6H2,2H3,(H,11,12)/t8-/m0/s1. The van der Waals surface area contributed by atoms with E-state index in [0.717, 1.165) is 18.4 Å². The normalized spacial score (nSPS) is 23.1. The van der Waals surface area contributed by atoms with Crippen molar-refractivity contribution in [2.75, 3.05) is 0 Å². The van der Waals surface area contributed by atoms with Crippen molar-refractivity contribution in [2.24, 2.45) is 5.92 Å². The van der Waals surface area contributed by atoms with E-state index in [1.807, 2.05) is 13.0 Å². The number of hydrogen-bond acceptors (Lipinski definition) is 1. The zero-order valence-electron chi connectivity index (χ0n) is 7.34. The summed E-state index contributed by atoms with van der Waals surface area (Å²) < 4.78 is 0. The third-order valence-electron chi connectivity index (χ3n) is 2.38. The van der Waals surface area contributed by atoms with Crippen LogP contribution in [-0.4, -0.2) is 11.1 Å². The highest BCUT2D eigenvalue weighted by Gasteiger charge is 2.17. The number of rotatable bonds is 2. The Balaban J connectivity index is 2.59. The maximum atomic E-state index is 10.5. The van der Waals surface area contributed by atoms with E-state index in [1.165, 1.54) is 0 Å². The molecule has 0 unspecified atom stereocenters. The first-order valence-electron chi connectivity index (χ1n) is 4.19. The van der Waals surface area contributed by atoms with Gasteiger partial charge in [-0.2, -0.15) is 0 Å². The van der Waals surface area contributed by atoms with Crippen LogP contribution in [0, 0.1) is 5.92 Å². The van der Waals surface area contributed by atoms with E-state index in [4.69, 9.17) is 5.11 Å². The summed E-state index contributed by atoms with van der Waals surface area (Å²) in [6, 6.07) is 0. The third kappa shape index (κ3) is 1.97.